The molecule has 0 saturated carbocycles. The van der Waals surface area contributed by atoms with Crippen LogP contribution in [0.25, 0.3) is 0 Å². The van der Waals surface area contributed by atoms with Crippen LogP contribution in [-0.4, -0.2) is 76.1 Å². The van der Waals surface area contributed by atoms with Crippen molar-refractivity contribution in [2.45, 2.75) is 56.4 Å². The van der Waals surface area contributed by atoms with Crippen LogP contribution in [0.4, 0.5) is 0 Å². The number of aliphatic hydroxyl groups excluding tert-OH is 5. The van der Waals surface area contributed by atoms with Gasteiger partial charge in [-0.25, -0.2) is 0 Å². The molecule has 0 bridgehead atoms. The molecule has 3 unspecified atom stereocenters. The molecule has 1 aliphatic heterocycles. The Morgan fingerprint density at radius 3 is 2.16 bits per heavy atom. The maximum Gasteiger partial charge on any atom is 0.186 e. The first-order valence-corrected chi connectivity index (χ1v) is 6.64. The number of hydrogen-bond donors (Lipinski definition) is 5. The lowest BCUT2D eigenvalue weighted by atomic mass is 9.99. The van der Waals surface area contributed by atoms with Crippen molar-refractivity contribution < 1.29 is 35.0 Å². The van der Waals surface area contributed by atoms with Gasteiger partial charge in [-0.3, -0.25) is 0 Å². The van der Waals surface area contributed by atoms with Crippen LogP contribution in [-0.2, 0) is 9.47 Å². The Morgan fingerprint density at radius 2 is 1.53 bits per heavy atom. The smallest absolute Gasteiger partial charge is 0.186 e. The quantitative estimate of drug-likeness (QED) is 0.338. The fourth-order valence-corrected chi connectivity index (χ4v) is 1.97. The minimum Gasteiger partial charge on any atom is -0.396 e. The van der Waals surface area contributed by atoms with E-state index in [-0.39, 0.29) is 6.61 Å². The highest BCUT2D eigenvalue weighted by atomic mass is 16.7. The summed E-state index contributed by atoms with van der Waals surface area (Å²) < 4.78 is 10.5. The molecule has 114 valence electrons. The fraction of sp³-hybridized carbons (Fsp3) is 1.00. The molecular formula is C12H24O7. The highest BCUT2D eigenvalue weighted by Crippen LogP contribution is 2.22. The Hall–Kier alpha value is -0.280. The van der Waals surface area contributed by atoms with Gasteiger partial charge in [0.15, 0.2) is 6.29 Å². The molecule has 1 heterocycles. The molecule has 1 rings (SSSR count). The van der Waals surface area contributed by atoms with Crippen LogP contribution < -0.4 is 0 Å². The largest absolute Gasteiger partial charge is 0.396 e. The summed E-state index contributed by atoms with van der Waals surface area (Å²) in [6.45, 7) is 0.0585. The van der Waals surface area contributed by atoms with Crippen molar-refractivity contribution in [3.8, 4) is 0 Å². The van der Waals surface area contributed by atoms with E-state index in [1.165, 1.54) is 0 Å². The van der Waals surface area contributed by atoms with Gasteiger partial charge in [0, 0.05) is 13.2 Å². The first kappa shape index (κ1) is 16.8. The van der Waals surface area contributed by atoms with Crippen LogP contribution in [0.15, 0.2) is 0 Å². The topological polar surface area (TPSA) is 120 Å². The van der Waals surface area contributed by atoms with Crippen LogP contribution in [0.5, 0.6) is 0 Å². The SMILES string of the molecule is OCCCCCCO[C@@H]1OC(CO)[C@@H](O)C(O)C1O. The average Bonchev–Trinajstić information content (AvgIpc) is 2.42. The van der Waals surface area contributed by atoms with E-state index in [2.05, 4.69) is 0 Å². The van der Waals surface area contributed by atoms with Crippen molar-refractivity contribution in [1.29, 1.82) is 0 Å². The molecule has 7 nitrogen and oxygen atoms in total. The van der Waals surface area contributed by atoms with E-state index >= 15 is 0 Å². The molecule has 0 amide bonds. The number of ether oxygens (including phenoxy) is 2. The third-order valence-electron chi connectivity index (χ3n) is 3.18. The molecule has 0 aromatic carbocycles. The summed E-state index contributed by atoms with van der Waals surface area (Å²) in [6.07, 6.45) is -2.79. The Bertz CT molecular complexity index is 236. The van der Waals surface area contributed by atoms with Gasteiger partial charge in [-0.15, -0.1) is 0 Å². The van der Waals surface area contributed by atoms with Crippen molar-refractivity contribution in [3.63, 3.8) is 0 Å². The maximum absolute atomic E-state index is 9.69. The molecule has 5 N–H and O–H groups in total. The minimum atomic E-state index is -1.40. The maximum atomic E-state index is 9.69. The molecule has 19 heavy (non-hydrogen) atoms. The molecule has 0 aromatic rings. The number of rotatable bonds is 8. The lowest BCUT2D eigenvalue weighted by molar-refractivity contribution is -0.301. The summed E-state index contributed by atoms with van der Waals surface area (Å²) in [4.78, 5) is 0. The summed E-state index contributed by atoms with van der Waals surface area (Å²) >= 11 is 0. The second kappa shape index (κ2) is 8.80. The standard InChI is InChI=1S/C12H24O7/c13-5-3-1-2-4-6-18-12-11(17)10(16)9(15)8(7-14)19-12/h8-17H,1-7H2/t8?,9-,10?,11?,12-/m1/s1. The second-order valence-corrected chi connectivity index (χ2v) is 4.71. The normalized spacial score (nSPS) is 35.5. The van der Waals surface area contributed by atoms with Gasteiger partial charge in [-0.05, 0) is 12.8 Å². The summed E-state index contributed by atoms with van der Waals surface area (Å²) in [5, 5.41) is 46.4. The van der Waals surface area contributed by atoms with Crippen molar-refractivity contribution in [2.24, 2.45) is 0 Å². The Morgan fingerprint density at radius 1 is 0.842 bits per heavy atom. The van der Waals surface area contributed by atoms with Crippen molar-refractivity contribution in [2.75, 3.05) is 19.8 Å². The van der Waals surface area contributed by atoms with Crippen molar-refractivity contribution >= 4 is 0 Å². The van der Waals surface area contributed by atoms with E-state index in [0.29, 0.717) is 6.61 Å². The van der Waals surface area contributed by atoms with Crippen LogP contribution in [0.1, 0.15) is 25.7 Å². The average molecular weight is 280 g/mol. The van der Waals surface area contributed by atoms with Gasteiger partial charge in [0.25, 0.3) is 0 Å². The summed E-state index contributed by atoms with van der Waals surface area (Å²) in [5.74, 6) is 0. The molecule has 1 saturated heterocycles. The van der Waals surface area contributed by atoms with E-state index in [1.54, 1.807) is 0 Å². The predicted octanol–water partition coefficient (Wildman–Crippen LogP) is -1.64. The van der Waals surface area contributed by atoms with E-state index in [4.69, 9.17) is 19.7 Å². The van der Waals surface area contributed by atoms with Crippen LogP contribution >= 0.6 is 0 Å². The highest BCUT2D eigenvalue weighted by molar-refractivity contribution is 4.88. The van der Waals surface area contributed by atoms with Crippen molar-refractivity contribution in [3.05, 3.63) is 0 Å². The molecule has 0 aliphatic carbocycles. The molecule has 0 radical (unpaired) electrons. The zero-order chi connectivity index (χ0) is 14.3. The van der Waals surface area contributed by atoms with Crippen molar-refractivity contribution in [1.82, 2.24) is 0 Å². The van der Waals surface area contributed by atoms with Gasteiger partial charge < -0.3 is 35.0 Å². The first-order valence-electron chi connectivity index (χ1n) is 6.64. The Kier molecular flexibility index (Phi) is 7.77. The van der Waals surface area contributed by atoms with Crippen LogP contribution in [0, 0.1) is 0 Å². The van der Waals surface area contributed by atoms with Gasteiger partial charge in [0.1, 0.15) is 24.4 Å². The second-order valence-electron chi connectivity index (χ2n) is 4.71. The number of aliphatic hydroxyl groups is 5. The molecule has 7 heteroatoms. The molecule has 0 aromatic heterocycles. The third-order valence-corrected chi connectivity index (χ3v) is 3.18. The highest BCUT2D eigenvalue weighted by Gasteiger charge is 2.43. The molecule has 5 atom stereocenters. The summed E-state index contributed by atoms with van der Waals surface area (Å²) in [6, 6.07) is 0. The number of hydrogen-bond acceptors (Lipinski definition) is 7. The van der Waals surface area contributed by atoms with E-state index < -0.39 is 37.3 Å². The fourth-order valence-electron chi connectivity index (χ4n) is 1.97. The lowest BCUT2D eigenvalue weighted by Crippen LogP contribution is -2.59. The molecule has 1 aliphatic rings. The monoisotopic (exact) mass is 280 g/mol. The van der Waals surface area contributed by atoms with Gasteiger partial charge in [0.05, 0.1) is 6.61 Å². The van der Waals surface area contributed by atoms with Crippen LogP contribution in [0.2, 0.25) is 0 Å². The first-order chi connectivity index (χ1) is 9.11. The van der Waals surface area contributed by atoms with E-state index in [0.717, 1.165) is 25.7 Å². The number of unbranched alkanes of at least 4 members (excludes halogenated alkanes) is 3. The Balaban J connectivity index is 2.28. The zero-order valence-corrected chi connectivity index (χ0v) is 10.9. The lowest BCUT2D eigenvalue weighted by Gasteiger charge is -2.39. The predicted molar refractivity (Wildman–Crippen MR) is 65.3 cm³/mol. The third kappa shape index (κ3) is 4.96. The van der Waals surface area contributed by atoms with E-state index in [9.17, 15) is 15.3 Å². The van der Waals surface area contributed by atoms with Gasteiger partial charge in [-0.2, -0.15) is 0 Å². The molecule has 1 fully saturated rings. The Labute approximate surface area is 112 Å². The van der Waals surface area contributed by atoms with Gasteiger partial charge >= 0.3 is 0 Å². The summed E-state index contributed by atoms with van der Waals surface area (Å²) in [5.41, 5.74) is 0. The van der Waals surface area contributed by atoms with E-state index in [1.807, 2.05) is 0 Å². The van der Waals surface area contributed by atoms with Gasteiger partial charge in [-0.1, -0.05) is 12.8 Å². The molecule has 0 spiro atoms. The summed E-state index contributed by atoms with van der Waals surface area (Å²) in [7, 11) is 0. The van der Waals surface area contributed by atoms with Gasteiger partial charge in [0.2, 0.25) is 0 Å². The van der Waals surface area contributed by atoms with Crippen LogP contribution in [0.3, 0.4) is 0 Å². The molecular weight excluding hydrogens is 256 g/mol. The minimum absolute atomic E-state index is 0.174. The zero-order valence-electron chi connectivity index (χ0n) is 10.9.